The summed E-state index contributed by atoms with van der Waals surface area (Å²) >= 11 is 1.17. The molecule has 1 aromatic rings. The highest BCUT2D eigenvalue weighted by Gasteiger charge is 2.31. The fraction of sp³-hybridized carbons (Fsp3) is 0.538. The lowest BCUT2D eigenvalue weighted by Crippen LogP contribution is -2.39. The Hall–Kier alpha value is -1.74. The molecule has 0 saturated heterocycles. The van der Waals surface area contributed by atoms with Gasteiger partial charge in [0.15, 0.2) is 5.92 Å². The summed E-state index contributed by atoms with van der Waals surface area (Å²) in [6.45, 7) is 1.70. The minimum absolute atomic E-state index is 0.110. The molecule has 1 atom stereocenters. The van der Waals surface area contributed by atoms with Gasteiger partial charge in [0.25, 0.3) is 0 Å². The second-order valence-electron chi connectivity index (χ2n) is 4.68. The maximum absolute atomic E-state index is 12.2. The molecule has 1 saturated carbocycles. The van der Waals surface area contributed by atoms with Crippen molar-refractivity contribution >= 4 is 23.0 Å². The Kier molecular flexibility index (Phi) is 4.27. The molecule has 100 valence electrons. The molecule has 0 spiro atoms. The monoisotopic (exact) mass is 277 g/mol. The molecular weight excluding hydrogens is 262 g/mol. The molecule has 5 nitrogen and oxygen atoms in total. The number of hydrogen-bond acceptors (Lipinski definition) is 5. The van der Waals surface area contributed by atoms with E-state index in [1.54, 1.807) is 12.4 Å². The van der Waals surface area contributed by atoms with E-state index in [4.69, 9.17) is 5.26 Å². The molecule has 6 heteroatoms. The van der Waals surface area contributed by atoms with Crippen molar-refractivity contribution < 1.29 is 9.59 Å². The van der Waals surface area contributed by atoms with E-state index in [1.807, 2.05) is 6.07 Å². The predicted molar refractivity (Wildman–Crippen MR) is 70.7 cm³/mol. The van der Waals surface area contributed by atoms with Gasteiger partial charge in [0.2, 0.25) is 11.7 Å². The summed E-state index contributed by atoms with van der Waals surface area (Å²) in [6, 6.07) is 1.92. The zero-order valence-corrected chi connectivity index (χ0v) is 11.5. The van der Waals surface area contributed by atoms with E-state index in [0.29, 0.717) is 10.6 Å². The van der Waals surface area contributed by atoms with E-state index in [-0.39, 0.29) is 6.04 Å². The zero-order chi connectivity index (χ0) is 13.8. The molecule has 19 heavy (non-hydrogen) atoms. The van der Waals surface area contributed by atoms with Gasteiger partial charge in [0.05, 0.1) is 22.2 Å². The molecule has 0 bridgehead atoms. The average Bonchev–Trinajstić information content (AvgIpc) is 3.01. The largest absolute Gasteiger partial charge is 0.352 e. The molecular formula is C13H15N3O2S. The quantitative estimate of drug-likeness (QED) is 0.672. The van der Waals surface area contributed by atoms with Crippen molar-refractivity contribution in [3.63, 3.8) is 0 Å². The number of Topliss-reactive ketones (excluding diaryl/α,β-unsaturated/α-hetero) is 1. The van der Waals surface area contributed by atoms with Gasteiger partial charge < -0.3 is 5.32 Å². The summed E-state index contributed by atoms with van der Waals surface area (Å²) in [7, 11) is 0. The summed E-state index contributed by atoms with van der Waals surface area (Å²) in [5.74, 6) is -2.19. The Morgan fingerprint density at radius 2 is 2.21 bits per heavy atom. The first kappa shape index (κ1) is 13.7. The summed E-state index contributed by atoms with van der Waals surface area (Å²) in [5.41, 5.74) is 2.12. The van der Waals surface area contributed by atoms with E-state index >= 15 is 0 Å². The minimum atomic E-state index is -1.26. The molecule has 1 aromatic heterocycles. The first-order valence-electron chi connectivity index (χ1n) is 6.27. The van der Waals surface area contributed by atoms with Crippen LogP contribution in [0.3, 0.4) is 0 Å². The smallest absolute Gasteiger partial charge is 0.245 e. The molecule has 2 rings (SSSR count). The first-order chi connectivity index (χ1) is 9.13. The Bertz CT molecular complexity index is 526. The second kappa shape index (κ2) is 5.93. The van der Waals surface area contributed by atoms with Crippen LogP contribution in [0.4, 0.5) is 0 Å². The number of nitrogens with zero attached hydrogens (tertiary/aromatic N) is 2. The Labute approximate surface area is 115 Å². The van der Waals surface area contributed by atoms with E-state index < -0.39 is 17.6 Å². The number of aromatic nitrogens is 1. The van der Waals surface area contributed by atoms with E-state index in [0.717, 1.165) is 25.7 Å². The summed E-state index contributed by atoms with van der Waals surface area (Å²) in [5, 5.41) is 11.9. The van der Waals surface area contributed by atoms with E-state index in [9.17, 15) is 9.59 Å². The summed E-state index contributed by atoms with van der Waals surface area (Å²) in [4.78, 5) is 28.5. The van der Waals surface area contributed by atoms with Crippen LogP contribution < -0.4 is 5.32 Å². The normalized spacial score (nSPS) is 16.8. The molecule has 1 amide bonds. The predicted octanol–water partition coefficient (Wildman–Crippen LogP) is 1.83. The van der Waals surface area contributed by atoms with Crippen molar-refractivity contribution in [3.8, 4) is 6.07 Å². The molecule has 1 fully saturated rings. The first-order valence-corrected chi connectivity index (χ1v) is 7.15. The third kappa shape index (κ3) is 2.99. The minimum Gasteiger partial charge on any atom is -0.352 e. The van der Waals surface area contributed by atoms with Crippen LogP contribution in [-0.2, 0) is 4.79 Å². The molecule has 0 aromatic carbocycles. The molecule has 1 aliphatic carbocycles. The van der Waals surface area contributed by atoms with Crippen molar-refractivity contribution in [1.82, 2.24) is 10.3 Å². The number of amides is 1. The highest BCUT2D eigenvalue weighted by atomic mass is 32.1. The molecule has 1 heterocycles. The highest BCUT2D eigenvalue weighted by Crippen LogP contribution is 2.20. The maximum atomic E-state index is 12.2. The number of ketones is 1. The lowest BCUT2D eigenvalue weighted by molar-refractivity contribution is -0.122. The molecule has 0 radical (unpaired) electrons. The standard InChI is InChI=1S/C13H15N3O2S/c1-8-12(19-7-15-8)11(17)10(6-14)13(18)16-9-4-2-3-5-9/h7,9-10H,2-5H2,1H3,(H,16,18)/t10-/m1/s1. The molecule has 0 unspecified atom stereocenters. The highest BCUT2D eigenvalue weighted by molar-refractivity contribution is 7.12. The van der Waals surface area contributed by atoms with Gasteiger partial charge in [-0.25, -0.2) is 4.98 Å². The second-order valence-corrected chi connectivity index (χ2v) is 5.54. The summed E-state index contributed by atoms with van der Waals surface area (Å²) in [6.07, 6.45) is 4.03. The van der Waals surface area contributed by atoms with Crippen LogP contribution in [0.25, 0.3) is 0 Å². The van der Waals surface area contributed by atoms with Crippen molar-refractivity contribution in [2.75, 3.05) is 0 Å². The fourth-order valence-corrected chi connectivity index (χ4v) is 3.03. The van der Waals surface area contributed by atoms with Gasteiger partial charge in [0, 0.05) is 6.04 Å². The Morgan fingerprint density at radius 1 is 1.53 bits per heavy atom. The average molecular weight is 277 g/mol. The van der Waals surface area contributed by atoms with Gasteiger partial charge in [-0.05, 0) is 19.8 Å². The number of hydrogen-bond donors (Lipinski definition) is 1. The van der Waals surface area contributed by atoms with E-state index in [1.165, 1.54) is 11.3 Å². The van der Waals surface area contributed by atoms with Crippen molar-refractivity contribution in [2.24, 2.45) is 5.92 Å². The zero-order valence-electron chi connectivity index (χ0n) is 10.7. The number of rotatable bonds is 4. The van der Waals surface area contributed by atoms with Crippen LogP contribution in [0.1, 0.15) is 41.0 Å². The number of thiazole rings is 1. The number of aryl methyl sites for hydroxylation is 1. The Balaban J connectivity index is 2.07. The summed E-state index contributed by atoms with van der Waals surface area (Å²) < 4.78 is 0. The van der Waals surface area contributed by atoms with E-state index in [2.05, 4.69) is 10.3 Å². The number of carbonyl (C=O) groups is 2. The lowest BCUT2D eigenvalue weighted by Gasteiger charge is -2.14. The fourth-order valence-electron chi connectivity index (χ4n) is 2.26. The Morgan fingerprint density at radius 3 is 2.74 bits per heavy atom. The van der Waals surface area contributed by atoms with Gasteiger partial charge >= 0.3 is 0 Å². The molecule has 1 N–H and O–H groups in total. The topological polar surface area (TPSA) is 82.8 Å². The van der Waals surface area contributed by atoms with Gasteiger partial charge in [0.1, 0.15) is 0 Å². The van der Waals surface area contributed by atoms with Crippen LogP contribution >= 0.6 is 11.3 Å². The van der Waals surface area contributed by atoms with Gasteiger partial charge in [-0.1, -0.05) is 12.8 Å². The third-order valence-electron chi connectivity index (χ3n) is 3.32. The van der Waals surface area contributed by atoms with Crippen molar-refractivity contribution in [2.45, 2.75) is 38.6 Å². The number of nitriles is 1. The van der Waals surface area contributed by atoms with Crippen LogP contribution in [0.2, 0.25) is 0 Å². The van der Waals surface area contributed by atoms with Gasteiger partial charge in [-0.2, -0.15) is 5.26 Å². The van der Waals surface area contributed by atoms with Crippen molar-refractivity contribution in [3.05, 3.63) is 16.1 Å². The van der Waals surface area contributed by atoms with Crippen LogP contribution in [-0.4, -0.2) is 22.7 Å². The van der Waals surface area contributed by atoms with Crippen LogP contribution in [0, 0.1) is 24.2 Å². The molecule has 0 aliphatic heterocycles. The van der Waals surface area contributed by atoms with Gasteiger partial charge in [-0.15, -0.1) is 11.3 Å². The van der Waals surface area contributed by atoms with Crippen LogP contribution in [0.15, 0.2) is 5.51 Å². The van der Waals surface area contributed by atoms with Crippen molar-refractivity contribution in [1.29, 1.82) is 5.26 Å². The lowest BCUT2D eigenvalue weighted by atomic mass is 10.0. The molecule has 1 aliphatic rings. The van der Waals surface area contributed by atoms with Crippen LogP contribution in [0.5, 0.6) is 0 Å². The number of nitrogens with one attached hydrogen (secondary N) is 1. The third-order valence-corrected chi connectivity index (χ3v) is 4.27. The number of carbonyl (C=O) groups excluding carboxylic acids is 2. The van der Waals surface area contributed by atoms with Gasteiger partial charge in [-0.3, -0.25) is 9.59 Å². The SMILES string of the molecule is Cc1ncsc1C(=O)[C@@H](C#N)C(=O)NC1CCCC1. The maximum Gasteiger partial charge on any atom is 0.245 e.